The molecule has 0 radical (unpaired) electrons. The quantitative estimate of drug-likeness (QED) is 0.573. The number of hydrogen-bond donors (Lipinski definition) is 2. The number of ether oxygens (including phenoxy) is 1. The second-order valence-electron chi connectivity index (χ2n) is 7.85. The lowest BCUT2D eigenvalue weighted by Gasteiger charge is -2.35. The molecule has 0 bridgehead atoms. The van der Waals surface area contributed by atoms with Gasteiger partial charge in [-0.2, -0.15) is 0 Å². The number of nitrogens with zero attached hydrogens (tertiary/aromatic N) is 3. The number of likely N-dealkylation sites (tertiary alicyclic amines) is 1. The number of fused-ring (bicyclic) bond motifs is 1. The smallest absolute Gasteiger partial charge is 0.191 e. The van der Waals surface area contributed by atoms with Crippen LogP contribution in [0.15, 0.2) is 22.5 Å². The van der Waals surface area contributed by atoms with E-state index in [9.17, 15) is 0 Å². The summed E-state index contributed by atoms with van der Waals surface area (Å²) in [7, 11) is 1.85. The predicted molar refractivity (Wildman–Crippen MR) is 112 cm³/mol. The summed E-state index contributed by atoms with van der Waals surface area (Å²) in [5.41, 5.74) is 0. The van der Waals surface area contributed by atoms with E-state index in [0.717, 1.165) is 32.2 Å². The van der Waals surface area contributed by atoms with Crippen molar-refractivity contribution in [3.05, 3.63) is 22.4 Å². The van der Waals surface area contributed by atoms with Crippen molar-refractivity contribution in [3.63, 3.8) is 0 Å². The maximum Gasteiger partial charge on any atom is 0.191 e. The Hall–Kier alpha value is -1.15. The largest absolute Gasteiger partial charge is 0.373 e. The zero-order chi connectivity index (χ0) is 18.5. The molecule has 0 aliphatic carbocycles. The summed E-state index contributed by atoms with van der Waals surface area (Å²) in [5.74, 6) is 0.878. The molecule has 3 aliphatic rings. The maximum atomic E-state index is 6.06. The van der Waals surface area contributed by atoms with Gasteiger partial charge in [-0.15, -0.1) is 11.3 Å². The number of aliphatic imine (C=N–C) groups is 1. The standard InChI is InChI=1S/C20H33N5OS/c1-21-20(22-12-17-14-25-10-4-6-16(25)15-26-17)23-13-18(19-7-5-11-27-19)24-8-2-3-9-24/h5,7,11,16-18H,2-4,6,8-10,12-15H2,1H3,(H2,21,22,23). The minimum atomic E-state index is 0.254. The molecular weight excluding hydrogens is 358 g/mol. The molecule has 7 heteroatoms. The van der Waals surface area contributed by atoms with E-state index in [1.807, 2.05) is 18.4 Å². The van der Waals surface area contributed by atoms with Crippen molar-refractivity contribution >= 4 is 17.3 Å². The van der Waals surface area contributed by atoms with E-state index in [1.54, 1.807) is 0 Å². The summed E-state index contributed by atoms with van der Waals surface area (Å²) >= 11 is 1.85. The molecule has 0 aromatic carbocycles. The Morgan fingerprint density at radius 3 is 2.96 bits per heavy atom. The van der Waals surface area contributed by atoms with Gasteiger partial charge in [-0.05, 0) is 56.8 Å². The van der Waals surface area contributed by atoms with Gasteiger partial charge in [0.2, 0.25) is 0 Å². The van der Waals surface area contributed by atoms with Crippen molar-refractivity contribution < 1.29 is 4.74 Å². The molecule has 1 aromatic rings. The van der Waals surface area contributed by atoms with E-state index in [0.29, 0.717) is 12.1 Å². The number of thiophene rings is 1. The van der Waals surface area contributed by atoms with Crippen LogP contribution in [0.1, 0.15) is 36.6 Å². The highest BCUT2D eigenvalue weighted by Crippen LogP contribution is 2.27. The second-order valence-corrected chi connectivity index (χ2v) is 8.83. The molecule has 4 rings (SSSR count). The first-order chi connectivity index (χ1) is 13.3. The van der Waals surface area contributed by atoms with Gasteiger partial charge in [-0.3, -0.25) is 14.8 Å². The SMILES string of the molecule is CN=C(NCC1CN2CCCC2CO1)NCC(c1cccs1)N1CCCC1. The molecule has 6 nitrogen and oxygen atoms in total. The van der Waals surface area contributed by atoms with Crippen LogP contribution in [-0.2, 0) is 4.74 Å². The van der Waals surface area contributed by atoms with Gasteiger partial charge in [0.15, 0.2) is 5.96 Å². The minimum Gasteiger partial charge on any atom is -0.373 e. The van der Waals surface area contributed by atoms with Gasteiger partial charge in [0, 0.05) is 37.6 Å². The lowest BCUT2D eigenvalue weighted by Crippen LogP contribution is -2.51. The fourth-order valence-corrected chi connectivity index (χ4v) is 5.44. The third-order valence-corrected chi connectivity index (χ3v) is 7.07. The average Bonchev–Trinajstić information content (AvgIpc) is 3.47. The van der Waals surface area contributed by atoms with E-state index >= 15 is 0 Å². The van der Waals surface area contributed by atoms with Gasteiger partial charge >= 0.3 is 0 Å². The number of guanidine groups is 1. The third kappa shape index (κ3) is 4.83. The first-order valence-electron chi connectivity index (χ1n) is 10.4. The average molecular weight is 392 g/mol. The maximum absolute atomic E-state index is 6.06. The molecule has 0 spiro atoms. The van der Waals surface area contributed by atoms with Crippen LogP contribution in [0.5, 0.6) is 0 Å². The summed E-state index contributed by atoms with van der Waals surface area (Å²) in [6, 6.07) is 5.50. The molecule has 1 aromatic heterocycles. The van der Waals surface area contributed by atoms with Crippen molar-refractivity contribution in [2.75, 3.05) is 52.9 Å². The first kappa shape index (κ1) is 19.2. The van der Waals surface area contributed by atoms with E-state index in [-0.39, 0.29) is 6.10 Å². The minimum absolute atomic E-state index is 0.254. The molecule has 3 saturated heterocycles. The number of hydrogen-bond acceptors (Lipinski definition) is 5. The molecule has 3 fully saturated rings. The van der Waals surface area contributed by atoms with Crippen molar-refractivity contribution in [3.8, 4) is 0 Å². The van der Waals surface area contributed by atoms with Crippen LogP contribution in [-0.4, -0.2) is 80.8 Å². The van der Waals surface area contributed by atoms with Gasteiger partial charge in [0.1, 0.15) is 0 Å². The van der Waals surface area contributed by atoms with Crippen LogP contribution in [0.4, 0.5) is 0 Å². The van der Waals surface area contributed by atoms with Crippen molar-refractivity contribution in [2.45, 2.75) is 43.9 Å². The lowest BCUT2D eigenvalue weighted by molar-refractivity contribution is -0.0453. The van der Waals surface area contributed by atoms with Crippen LogP contribution in [0.3, 0.4) is 0 Å². The van der Waals surface area contributed by atoms with E-state index in [2.05, 4.69) is 42.9 Å². The summed E-state index contributed by atoms with van der Waals surface area (Å²) < 4.78 is 6.06. The Bertz CT molecular complexity index is 602. The van der Waals surface area contributed by atoms with Crippen LogP contribution in [0.25, 0.3) is 0 Å². The van der Waals surface area contributed by atoms with Crippen molar-refractivity contribution in [2.24, 2.45) is 4.99 Å². The molecule has 4 heterocycles. The summed E-state index contributed by atoms with van der Waals surface area (Å²) in [6.07, 6.45) is 5.49. The van der Waals surface area contributed by atoms with Crippen LogP contribution in [0, 0.1) is 0 Å². The Labute approximate surface area is 167 Å². The fourth-order valence-electron chi connectivity index (χ4n) is 4.58. The predicted octanol–water partition coefficient (Wildman–Crippen LogP) is 1.91. The topological polar surface area (TPSA) is 52.1 Å². The first-order valence-corrected chi connectivity index (χ1v) is 11.3. The van der Waals surface area contributed by atoms with E-state index in [4.69, 9.17) is 4.74 Å². The number of nitrogens with one attached hydrogen (secondary N) is 2. The van der Waals surface area contributed by atoms with Crippen LogP contribution in [0.2, 0.25) is 0 Å². The Morgan fingerprint density at radius 2 is 2.19 bits per heavy atom. The zero-order valence-corrected chi connectivity index (χ0v) is 17.2. The molecule has 0 amide bonds. The molecular formula is C20H33N5OS. The monoisotopic (exact) mass is 391 g/mol. The Balaban J connectivity index is 1.26. The van der Waals surface area contributed by atoms with Gasteiger partial charge < -0.3 is 15.4 Å². The lowest BCUT2D eigenvalue weighted by atomic mass is 10.2. The molecule has 150 valence electrons. The highest BCUT2D eigenvalue weighted by atomic mass is 32.1. The van der Waals surface area contributed by atoms with Gasteiger partial charge in [-0.25, -0.2) is 0 Å². The fraction of sp³-hybridized carbons (Fsp3) is 0.750. The summed E-state index contributed by atoms with van der Waals surface area (Å²) in [5, 5.41) is 9.22. The highest BCUT2D eigenvalue weighted by Gasteiger charge is 2.32. The molecule has 0 saturated carbocycles. The molecule has 27 heavy (non-hydrogen) atoms. The van der Waals surface area contributed by atoms with Crippen molar-refractivity contribution in [1.29, 1.82) is 0 Å². The van der Waals surface area contributed by atoms with Crippen LogP contribution < -0.4 is 10.6 Å². The van der Waals surface area contributed by atoms with E-state index < -0.39 is 0 Å². The van der Waals surface area contributed by atoms with E-state index in [1.165, 1.54) is 50.2 Å². The number of rotatable bonds is 6. The molecule has 3 aliphatic heterocycles. The Morgan fingerprint density at radius 1 is 1.30 bits per heavy atom. The second kappa shape index (κ2) is 9.37. The van der Waals surface area contributed by atoms with Gasteiger partial charge in [0.25, 0.3) is 0 Å². The summed E-state index contributed by atoms with van der Waals surface area (Å²) in [6.45, 7) is 7.26. The molecule has 3 atom stereocenters. The molecule has 3 unspecified atom stereocenters. The number of morpholine rings is 1. The Kier molecular flexibility index (Phi) is 6.65. The van der Waals surface area contributed by atoms with Crippen LogP contribution >= 0.6 is 11.3 Å². The van der Waals surface area contributed by atoms with Crippen molar-refractivity contribution in [1.82, 2.24) is 20.4 Å². The van der Waals surface area contributed by atoms with Gasteiger partial charge in [-0.1, -0.05) is 6.07 Å². The third-order valence-electron chi connectivity index (χ3n) is 6.10. The summed E-state index contributed by atoms with van der Waals surface area (Å²) in [4.78, 5) is 11.1. The highest BCUT2D eigenvalue weighted by molar-refractivity contribution is 7.10. The molecule has 2 N–H and O–H groups in total. The zero-order valence-electron chi connectivity index (χ0n) is 16.4. The normalized spacial score (nSPS) is 28.3. The van der Waals surface area contributed by atoms with Gasteiger partial charge in [0.05, 0.1) is 18.8 Å².